The molecule has 8 heteroatoms. The number of carboxylic acids is 1. The monoisotopic (exact) mass is 237 g/mol. The SMILES string of the molecule is Cn1nnnc1Sc1cnccc1C(=O)O. The predicted molar refractivity (Wildman–Crippen MR) is 54.1 cm³/mol. The third-order valence-electron chi connectivity index (χ3n) is 1.80. The van der Waals surface area contributed by atoms with Crippen LogP contribution >= 0.6 is 11.8 Å². The number of aromatic nitrogens is 5. The summed E-state index contributed by atoms with van der Waals surface area (Å²) in [4.78, 5) is 15.3. The molecule has 0 aliphatic heterocycles. The van der Waals surface area contributed by atoms with Gasteiger partial charge in [0.05, 0.1) is 5.56 Å². The quantitative estimate of drug-likeness (QED) is 0.828. The maximum absolute atomic E-state index is 10.9. The molecule has 16 heavy (non-hydrogen) atoms. The van der Waals surface area contributed by atoms with Crippen LogP contribution in [0.4, 0.5) is 0 Å². The molecule has 0 spiro atoms. The van der Waals surface area contributed by atoms with Crippen molar-refractivity contribution in [1.82, 2.24) is 25.2 Å². The molecule has 2 aromatic heterocycles. The van der Waals surface area contributed by atoms with E-state index in [1.54, 1.807) is 7.05 Å². The molecular formula is C8H7N5O2S. The lowest BCUT2D eigenvalue weighted by Crippen LogP contribution is -2.00. The summed E-state index contributed by atoms with van der Waals surface area (Å²) in [6.45, 7) is 0. The predicted octanol–water partition coefficient (Wildman–Crippen LogP) is 0.454. The van der Waals surface area contributed by atoms with Crippen LogP contribution < -0.4 is 0 Å². The van der Waals surface area contributed by atoms with Crippen LogP contribution in [0, 0.1) is 0 Å². The number of hydrogen-bond donors (Lipinski definition) is 1. The molecule has 1 N–H and O–H groups in total. The van der Waals surface area contributed by atoms with E-state index < -0.39 is 5.97 Å². The molecule has 7 nitrogen and oxygen atoms in total. The zero-order valence-electron chi connectivity index (χ0n) is 8.23. The molecule has 0 atom stereocenters. The van der Waals surface area contributed by atoms with E-state index in [0.29, 0.717) is 10.1 Å². The summed E-state index contributed by atoms with van der Waals surface area (Å²) in [5.41, 5.74) is 0.183. The molecule has 0 saturated heterocycles. The van der Waals surface area contributed by atoms with Crippen LogP contribution in [0.3, 0.4) is 0 Å². The lowest BCUT2D eigenvalue weighted by molar-refractivity contribution is 0.0693. The molecule has 2 aromatic rings. The highest BCUT2D eigenvalue weighted by Crippen LogP contribution is 2.27. The van der Waals surface area contributed by atoms with Crippen LogP contribution in [0.15, 0.2) is 28.5 Å². The zero-order chi connectivity index (χ0) is 11.5. The van der Waals surface area contributed by atoms with Crippen molar-refractivity contribution < 1.29 is 9.90 Å². The maximum atomic E-state index is 10.9. The Balaban J connectivity index is 2.35. The second-order valence-corrected chi connectivity index (χ2v) is 3.87. The molecule has 0 aliphatic rings. The second kappa shape index (κ2) is 4.27. The van der Waals surface area contributed by atoms with Crippen LogP contribution in [-0.4, -0.2) is 36.3 Å². The summed E-state index contributed by atoms with van der Waals surface area (Å²) < 4.78 is 1.46. The van der Waals surface area contributed by atoms with Gasteiger partial charge < -0.3 is 5.11 Å². The summed E-state index contributed by atoms with van der Waals surface area (Å²) in [5, 5.41) is 20.4. The van der Waals surface area contributed by atoms with Crippen molar-refractivity contribution in [3.63, 3.8) is 0 Å². The van der Waals surface area contributed by atoms with Gasteiger partial charge in [0, 0.05) is 24.3 Å². The van der Waals surface area contributed by atoms with Gasteiger partial charge in [0.2, 0.25) is 5.16 Å². The van der Waals surface area contributed by atoms with Crippen molar-refractivity contribution in [1.29, 1.82) is 0 Å². The summed E-state index contributed by atoms with van der Waals surface area (Å²) in [5.74, 6) is -1.000. The smallest absolute Gasteiger partial charge is 0.336 e. The molecular weight excluding hydrogens is 230 g/mol. The van der Waals surface area contributed by atoms with Crippen LogP contribution in [0.25, 0.3) is 0 Å². The first-order valence-corrected chi connectivity index (χ1v) is 5.07. The molecule has 0 aromatic carbocycles. The van der Waals surface area contributed by atoms with Crippen LogP contribution in [0.2, 0.25) is 0 Å². The van der Waals surface area contributed by atoms with E-state index >= 15 is 0 Å². The molecule has 0 unspecified atom stereocenters. The highest BCUT2D eigenvalue weighted by atomic mass is 32.2. The minimum absolute atomic E-state index is 0.183. The minimum atomic E-state index is -1.000. The minimum Gasteiger partial charge on any atom is -0.478 e. The Kier molecular flexibility index (Phi) is 2.82. The van der Waals surface area contributed by atoms with Gasteiger partial charge in [-0.25, -0.2) is 9.48 Å². The topological polar surface area (TPSA) is 93.8 Å². The Bertz CT molecular complexity index is 527. The van der Waals surface area contributed by atoms with Crippen LogP contribution in [-0.2, 0) is 7.05 Å². The first-order chi connectivity index (χ1) is 7.68. The zero-order valence-corrected chi connectivity index (χ0v) is 9.05. The number of aryl methyl sites for hydroxylation is 1. The highest BCUT2D eigenvalue weighted by molar-refractivity contribution is 7.99. The maximum Gasteiger partial charge on any atom is 0.336 e. The Morgan fingerprint density at radius 2 is 2.38 bits per heavy atom. The van der Waals surface area contributed by atoms with Gasteiger partial charge in [-0.2, -0.15) is 0 Å². The first-order valence-electron chi connectivity index (χ1n) is 4.26. The summed E-state index contributed by atoms with van der Waals surface area (Å²) in [6, 6.07) is 1.44. The normalized spacial score (nSPS) is 10.3. The van der Waals surface area contributed by atoms with E-state index in [0.717, 1.165) is 11.8 Å². The molecule has 2 heterocycles. The average molecular weight is 237 g/mol. The molecule has 2 rings (SSSR count). The van der Waals surface area contributed by atoms with E-state index in [4.69, 9.17) is 5.11 Å². The largest absolute Gasteiger partial charge is 0.478 e. The van der Waals surface area contributed by atoms with Crippen LogP contribution in [0.1, 0.15) is 10.4 Å². The number of rotatable bonds is 3. The first kappa shape index (κ1) is 10.6. The van der Waals surface area contributed by atoms with Gasteiger partial charge in [-0.15, -0.1) is 5.10 Å². The number of nitrogens with zero attached hydrogens (tertiary/aromatic N) is 5. The van der Waals surface area contributed by atoms with Crippen molar-refractivity contribution in [3.05, 3.63) is 24.0 Å². The van der Waals surface area contributed by atoms with Crippen molar-refractivity contribution in [2.75, 3.05) is 0 Å². The van der Waals surface area contributed by atoms with E-state index in [1.807, 2.05) is 0 Å². The molecule has 82 valence electrons. The molecule has 0 amide bonds. The fourth-order valence-corrected chi connectivity index (χ4v) is 1.87. The number of carbonyl (C=O) groups is 1. The standard InChI is InChI=1S/C8H7N5O2S/c1-13-8(10-11-12-13)16-6-4-9-3-2-5(6)7(14)15/h2-4H,1H3,(H,14,15). The van der Waals surface area contributed by atoms with Crippen molar-refractivity contribution >= 4 is 17.7 Å². The molecule has 0 radical (unpaired) electrons. The van der Waals surface area contributed by atoms with Gasteiger partial charge in [-0.3, -0.25) is 4.98 Å². The Labute approximate surface area is 94.5 Å². The fourth-order valence-electron chi connectivity index (χ4n) is 1.04. The van der Waals surface area contributed by atoms with E-state index in [9.17, 15) is 4.79 Å². The number of carboxylic acid groups (broad SMARTS) is 1. The van der Waals surface area contributed by atoms with Gasteiger partial charge in [-0.1, -0.05) is 0 Å². The van der Waals surface area contributed by atoms with Crippen molar-refractivity contribution in [2.24, 2.45) is 7.05 Å². The Hall–Kier alpha value is -1.96. The van der Waals surface area contributed by atoms with Gasteiger partial charge in [0.25, 0.3) is 0 Å². The van der Waals surface area contributed by atoms with Gasteiger partial charge in [-0.05, 0) is 28.3 Å². The van der Waals surface area contributed by atoms with Crippen LogP contribution in [0.5, 0.6) is 0 Å². The number of tetrazole rings is 1. The molecule has 0 bridgehead atoms. The van der Waals surface area contributed by atoms with E-state index in [1.165, 1.54) is 23.1 Å². The van der Waals surface area contributed by atoms with Crippen molar-refractivity contribution in [2.45, 2.75) is 10.1 Å². The van der Waals surface area contributed by atoms with E-state index in [2.05, 4.69) is 20.5 Å². The summed E-state index contributed by atoms with van der Waals surface area (Å²) in [7, 11) is 1.68. The fraction of sp³-hybridized carbons (Fsp3) is 0.125. The molecule has 0 fully saturated rings. The number of hydrogen-bond acceptors (Lipinski definition) is 6. The average Bonchev–Trinajstić information content (AvgIpc) is 2.65. The number of aromatic carboxylic acids is 1. The second-order valence-electron chi connectivity index (χ2n) is 2.86. The van der Waals surface area contributed by atoms with Gasteiger partial charge >= 0.3 is 5.97 Å². The Morgan fingerprint density at radius 1 is 1.56 bits per heavy atom. The van der Waals surface area contributed by atoms with E-state index in [-0.39, 0.29) is 5.56 Å². The summed E-state index contributed by atoms with van der Waals surface area (Å²) >= 11 is 1.16. The molecule has 0 aliphatic carbocycles. The van der Waals surface area contributed by atoms with Gasteiger partial charge in [0.1, 0.15) is 0 Å². The lowest BCUT2D eigenvalue weighted by atomic mass is 10.3. The third-order valence-corrected chi connectivity index (χ3v) is 2.87. The molecule has 0 saturated carbocycles. The summed E-state index contributed by atoms with van der Waals surface area (Å²) in [6.07, 6.45) is 2.91. The van der Waals surface area contributed by atoms with Crippen molar-refractivity contribution in [3.8, 4) is 0 Å². The van der Waals surface area contributed by atoms with Gasteiger partial charge in [0.15, 0.2) is 0 Å². The highest BCUT2D eigenvalue weighted by Gasteiger charge is 2.13. The Morgan fingerprint density at radius 3 is 3.00 bits per heavy atom. The third kappa shape index (κ3) is 2.01. The number of pyridine rings is 1. The lowest BCUT2D eigenvalue weighted by Gasteiger charge is -2.02.